The molecular weight excluding hydrogens is 468 g/mol. The second-order valence-corrected chi connectivity index (χ2v) is 8.49. The molecule has 4 N–H and O–H groups in total. The largest absolute Gasteiger partial charge is 0.481 e. The predicted molar refractivity (Wildman–Crippen MR) is 122 cm³/mol. The number of aliphatic carboxylic acids is 3. The highest BCUT2D eigenvalue weighted by Crippen LogP contribution is 2.21. The van der Waals surface area contributed by atoms with Gasteiger partial charge in [0, 0.05) is 31.7 Å². The molecule has 0 atom stereocenters. The molecule has 1 amide bonds. The third kappa shape index (κ3) is 10.0. The molecule has 0 bridgehead atoms. The van der Waals surface area contributed by atoms with Gasteiger partial charge < -0.3 is 30.2 Å². The first-order valence-corrected chi connectivity index (χ1v) is 10.9. The van der Waals surface area contributed by atoms with Gasteiger partial charge in [0.2, 0.25) is 5.91 Å². The maximum absolute atomic E-state index is 12.1. The van der Waals surface area contributed by atoms with Gasteiger partial charge in [0.1, 0.15) is 5.01 Å². The first-order chi connectivity index (χ1) is 15.8. The highest BCUT2D eigenvalue weighted by molar-refractivity contribution is 7.13. The zero-order chi connectivity index (χ0) is 25.9. The Morgan fingerprint density at radius 1 is 1.00 bits per heavy atom. The average Bonchev–Trinajstić information content (AvgIpc) is 3.20. The molecule has 0 fully saturated rings. The van der Waals surface area contributed by atoms with Gasteiger partial charge in [0.05, 0.1) is 30.7 Å². The zero-order valence-corrected chi connectivity index (χ0v) is 19.9. The van der Waals surface area contributed by atoms with Crippen molar-refractivity contribution in [2.45, 2.75) is 24.9 Å². The molecule has 2 rings (SSSR count). The van der Waals surface area contributed by atoms with Crippen molar-refractivity contribution in [1.82, 2.24) is 19.8 Å². The number of carboxylic acids is 3. The highest BCUT2D eigenvalue weighted by atomic mass is 32.1. The van der Waals surface area contributed by atoms with Crippen molar-refractivity contribution in [1.29, 1.82) is 0 Å². The van der Waals surface area contributed by atoms with E-state index in [4.69, 9.17) is 20.4 Å². The summed E-state index contributed by atoms with van der Waals surface area (Å²) in [6.45, 7) is 1.58. The summed E-state index contributed by atoms with van der Waals surface area (Å²) < 4.78 is 0. The van der Waals surface area contributed by atoms with E-state index in [1.54, 1.807) is 11.1 Å². The molecule has 34 heavy (non-hydrogen) atoms. The number of carbonyl (C=O) groups is 4. The summed E-state index contributed by atoms with van der Waals surface area (Å²) in [5, 5.41) is 36.6. The Morgan fingerprint density at radius 2 is 1.62 bits per heavy atom. The van der Waals surface area contributed by atoms with Crippen LogP contribution in [0.25, 0.3) is 10.7 Å². The van der Waals surface area contributed by atoms with Gasteiger partial charge in [-0.3, -0.25) is 19.4 Å². The SMILES string of the molecule is CN(C)CCN(C)C(=O)Cc1csc(-c2ccccn2)n1.O=C(O)CC(O)(CC(=O)O)C(=O)O. The number of hydrogen-bond acceptors (Lipinski definition) is 9. The lowest BCUT2D eigenvalue weighted by molar-refractivity contribution is -0.170. The maximum Gasteiger partial charge on any atom is 0.336 e. The van der Waals surface area contributed by atoms with Crippen molar-refractivity contribution in [3.05, 3.63) is 35.5 Å². The van der Waals surface area contributed by atoms with Crippen molar-refractivity contribution in [2.24, 2.45) is 0 Å². The quantitative estimate of drug-likeness (QED) is 0.340. The number of nitrogens with zero attached hydrogens (tertiary/aromatic N) is 4. The van der Waals surface area contributed by atoms with E-state index in [1.807, 2.05) is 44.7 Å². The lowest BCUT2D eigenvalue weighted by atomic mass is 9.96. The van der Waals surface area contributed by atoms with Gasteiger partial charge in [0.15, 0.2) is 5.60 Å². The Balaban J connectivity index is 0.000000385. The molecule has 0 saturated carbocycles. The molecule has 2 aromatic rings. The molecule has 186 valence electrons. The molecule has 0 saturated heterocycles. The Labute approximate surface area is 200 Å². The van der Waals surface area contributed by atoms with Crippen LogP contribution in [0.4, 0.5) is 0 Å². The van der Waals surface area contributed by atoms with Crippen molar-refractivity contribution in [3.63, 3.8) is 0 Å². The number of pyridine rings is 1. The van der Waals surface area contributed by atoms with Crippen molar-refractivity contribution in [3.8, 4) is 10.7 Å². The van der Waals surface area contributed by atoms with Crippen molar-refractivity contribution in [2.75, 3.05) is 34.2 Å². The molecule has 0 aliphatic heterocycles. The number of thiazole rings is 1. The van der Waals surface area contributed by atoms with Crippen LogP contribution in [-0.2, 0) is 25.6 Å². The van der Waals surface area contributed by atoms with Gasteiger partial charge in [-0.25, -0.2) is 9.78 Å². The normalized spacial score (nSPS) is 10.9. The van der Waals surface area contributed by atoms with Gasteiger partial charge in [-0.1, -0.05) is 6.07 Å². The summed E-state index contributed by atoms with van der Waals surface area (Å²) >= 11 is 1.52. The summed E-state index contributed by atoms with van der Waals surface area (Å²) in [4.78, 5) is 55.2. The van der Waals surface area contributed by atoms with Crippen LogP contribution in [0, 0.1) is 0 Å². The summed E-state index contributed by atoms with van der Waals surface area (Å²) in [5.41, 5.74) is -1.08. The monoisotopic (exact) mass is 496 g/mol. The molecule has 0 aromatic carbocycles. The van der Waals surface area contributed by atoms with Crippen LogP contribution in [0.1, 0.15) is 18.5 Å². The van der Waals surface area contributed by atoms with E-state index in [-0.39, 0.29) is 5.91 Å². The molecule has 0 aliphatic rings. The standard InChI is InChI=1S/C15H20N4OS.C6H8O7/c1-18(2)8-9-19(3)14(20)10-12-11-21-15(17-12)13-6-4-5-7-16-13;7-3(8)1-6(13,5(11)12)2-4(9)10/h4-7,11H,8-10H2,1-3H3;13H,1-2H2,(H,7,8)(H,9,10)(H,11,12). The summed E-state index contributed by atoms with van der Waals surface area (Å²) in [6, 6.07) is 5.73. The second kappa shape index (κ2) is 13.3. The minimum absolute atomic E-state index is 0.0923. The van der Waals surface area contributed by atoms with E-state index >= 15 is 0 Å². The molecular formula is C21H28N4O8S. The number of likely N-dealkylation sites (N-methyl/N-ethyl adjacent to an activating group) is 2. The van der Waals surface area contributed by atoms with Crippen LogP contribution in [0.3, 0.4) is 0 Å². The minimum Gasteiger partial charge on any atom is -0.481 e. The number of rotatable bonds is 11. The first kappa shape index (κ1) is 28.6. The van der Waals surface area contributed by atoms with E-state index in [0.717, 1.165) is 29.5 Å². The van der Waals surface area contributed by atoms with Gasteiger partial charge in [0.25, 0.3) is 0 Å². The van der Waals surface area contributed by atoms with Gasteiger partial charge in [-0.05, 0) is 26.2 Å². The van der Waals surface area contributed by atoms with E-state index in [2.05, 4.69) is 14.9 Å². The smallest absolute Gasteiger partial charge is 0.336 e. The van der Waals surface area contributed by atoms with Crippen molar-refractivity contribution < 1.29 is 39.6 Å². The first-order valence-electron chi connectivity index (χ1n) is 9.98. The zero-order valence-electron chi connectivity index (χ0n) is 19.0. The third-order valence-corrected chi connectivity index (χ3v) is 5.28. The number of aromatic nitrogens is 2. The number of amides is 1. The average molecular weight is 497 g/mol. The summed E-state index contributed by atoms with van der Waals surface area (Å²) in [5.74, 6) is -4.93. The Bertz CT molecular complexity index is 964. The Morgan fingerprint density at radius 3 is 2.09 bits per heavy atom. The van der Waals surface area contributed by atoms with Crippen LogP contribution >= 0.6 is 11.3 Å². The van der Waals surface area contributed by atoms with Crippen LogP contribution < -0.4 is 0 Å². The topological polar surface area (TPSA) is 181 Å². The third-order valence-electron chi connectivity index (χ3n) is 4.36. The van der Waals surface area contributed by atoms with Crippen LogP contribution in [0.2, 0.25) is 0 Å². The number of carbonyl (C=O) groups excluding carboxylic acids is 1. The van der Waals surface area contributed by atoms with Crippen molar-refractivity contribution >= 4 is 35.2 Å². The summed E-state index contributed by atoms with van der Waals surface area (Å²) in [6.07, 6.45) is -0.201. The number of aliphatic hydroxyl groups is 1. The fraction of sp³-hybridized carbons (Fsp3) is 0.429. The van der Waals surface area contributed by atoms with Gasteiger partial charge in [-0.2, -0.15) is 0 Å². The van der Waals surface area contributed by atoms with Gasteiger partial charge >= 0.3 is 17.9 Å². The molecule has 0 spiro atoms. The van der Waals surface area contributed by atoms with E-state index in [1.165, 1.54) is 11.3 Å². The highest BCUT2D eigenvalue weighted by Gasteiger charge is 2.40. The van der Waals surface area contributed by atoms with Crippen LogP contribution in [0.15, 0.2) is 29.8 Å². The molecule has 0 radical (unpaired) electrons. The van der Waals surface area contributed by atoms with Gasteiger partial charge in [-0.15, -0.1) is 11.3 Å². The molecule has 2 heterocycles. The molecule has 0 unspecified atom stereocenters. The maximum atomic E-state index is 12.1. The summed E-state index contributed by atoms with van der Waals surface area (Å²) in [7, 11) is 5.83. The fourth-order valence-electron chi connectivity index (χ4n) is 2.47. The lowest BCUT2D eigenvalue weighted by Gasteiger charge is -2.19. The minimum atomic E-state index is -2.74. The second-order valence-electron chi connectivity index (χ2n) is 7.63. The van der Waals surface area contributed by atoms with Crippen LogP contribution in [-0.4, -0.2) is 104 Å². The van der Waals surface area contributed by atoms with E-state index in [0.29, 0.717) is 6.42 Å². The molecule has 2 aromatic heterocycles. The van der Waals surface area contributed by atoms with Crippen LogP contribution in [0.5, 0.6) is 0 Å². The predicted octanol–water partition coefficient (Wildman–Crippen LogP) is 0.519. The Kier molecular flexibility index (Phi) is 11.2. The molecule has 12 nitrogen and oxygen atoms in total. The van der Waals surface area contributed by atoms with E-state index in [9.17, 15) is 19.2 Å². The number of carboxylic acid groups (broad SMARTS) is 3. The lowest BCUT2D eigenvalue weighted by Crippen LogP contribution is -2.42. The molecule has 0 aliphatic carbocycles. The number of hydrogen-bond donors (Lipinski definition) is 4. The molecule has 13 heteroatoms. The fourth-order valence-corrected chi connectivity index (χ4v) is 3.27. The Hall–Kier alpha value is -3.42. The van der Waals surface area contributed by atoms with E-state index < -0.39 is 36.4 Å².